The van der Waals surface area contributed by atoms with Crippen LogP contribution in [0.5, 0.6) is 5.75 Å². The van der Waals surface area contributed by atoms with Crippen LogP contribution in [0.2, 0.25) is 0 Å². The van der Waals surface area contributed by atoms with Crippen LogP contribution in [0.4, 0.5) is 4.79 Å². The van der Waals surface area contributed by atoms with E-state index in [2.05, 4.69) is 17.4 Å². The number of nitrogens with one attached hydrogen (secondary N) is 1. The SMILES string of the molecule is Cc1ccc(COc2ccc(COC(=O)[C@H](CCC(N)=O)NC(=O)OCC3c4ccccc4-c4ccccc43)cc2)cc1. The minimum atomic E-state index is -1.10. The molecule has 220 valence electrons. The standard InChI is InChI=1S/C35H34N2O6/c1-23-10-12-24(13-11-23)20-41-26-16-14-25(15-17-26)21-42-34(39)32(18-19-33(36)38)37-35(40)43-22-31-29-8-4-2-6-27(29)28-7-3-5-9-30(28)31/h2-17,31-32H,18-22H2,1H3,(H2,36,38)(H,37,40)/t32-/m0/s1. The van der Waals surface area contributed by atoms with E-state index in [1.165, 1.54) is 5.56 Å². The summed E-state index contributed by atoms with van der Waals surface area (Å²) in [6.45, 7) is 2.55. The number of fused-ring (bicyclic) bond motifs is 3. The van der Waals surface area contributed by atoms with Crippen LogP contribution in [0.15, 0.2) is 97.1 Å². The monoisotopic (exact) mass is 578 g/mol. The average Bonchev–Trinajstić information content (AvgIpc) is 3.34. The second-order valence-electron chi connectivity index (χ2n) is 10.6. The molecule has 43 heavy (non-hydrogen) atoms. The summed E-state index contributed by atoms with van der Waals surface area (Å²) in [5.41, 5.74) is 12.7. The molecule has 1 atom stereocenters. The number of primary amides is 1. The number of aryl methyl sites for hydroxylation is 1. The van der Waals surface area contributed by atoms with Crippen molar-refractivity contribution in [3.63, 3.8) is 0 Å². The van der Waals surface area contributed by atoms with Gasteiger partial charge in [-0.15, -0.1) is 0 Å². The number of nitrogens with two attached hydrogens (primary N) is 1. The summed E-state index contributed by atoms with van der Waals surface area (Å²) in [6, 6.07) is 30.3. The molecular formula is C35H34N2O6. The molecule has 0 saturated heterocycles. The van der Waals surface area contributed by atoms with Gasteiger partial charge in [-0.25, -0.2) is 9.59 Å². The smallest absolute Gasteiger partial charge is 0.407 e. The van der Waals surface area contributed by atoms with E-state index < -0.39 is 24.0 Å². The Morgan fingerprint density at radius 3 is 1.98 bits per heavy atom. The second-order valence-corrected chi connectivity index (χ2v) is 10.6. The van der Waals surface area contributed by atoms with Gasteiger partial charge in [0.25, 0.3) is 0 Å². The van der Waals surface area contributed by atoms with Crippen LogP contribution >= 0.6 is 0 Å². The third-order valence-corrected chi connectivity index (χ3v) is 7.43. The van der Waals surface area contributed by atoms with Gasteiger partial charge in [0.15, 0.2) is 0 Å². The fourth-order valence-corrected chi connectivity index (χ4v) is 5.11. The largest absolute Gasteiger partial charge is 0.489 e. The minimum absolute atomic E-state index is 0.00977. The molecule has 0 saturated carbocycles. The Morgan fingerprint density at radius 2 is 1.35 bits per heavy atom. The molecule has 0 radical (unpaired) electrons. The third kappa shape index (κ3) is 7.60. The number of ether oxygens (including phenoxy) is 3. The molecule has 0 heterocycles. The lowest BCUT2D eigenvalue weighted by Gasteiger charge is -2.19. The van der Waals surface area contributed by atoms with Crippen LogP contribution in [0.25, 0.3) is 11.1 Å². The number of carbonyl (C=O) groups excluding carboxylic acids is 3. The summed E-state index contributed by atoms with van der Waals surface area (Å²) in [5.74, 6) is -0.715. The summed E-state index contributed by atoms with van der Waals surface area (Å²) in [5, 5.41) is 2.56. The van der Waals surface area contributed by atoms with Gasteiger partial charge in [0.1, 0.15) is 31.6 Å². The molecule has 8 heteroatoms. The highest BCUT2D eigenvalue weighted by molar-refractivity contribution is 5.83. The van der Waals surface area contributed by atoms with Crippen LogP contribution in [-0.4, -0.2) is 30.6 Å². The zero-order valence-electron chi connectivity index (χ0n) is 24.0. The van der Waals surface area contributed by atoms with Crippen molar-refractivity contribution in [1.29, 1.82) is 0 Å². The molecule has 0 aromatic heterocycles. The van der Waals surface area contributed by atoms with Crippen LogP contribution in [0.3, 0.4) is 0 Å². The van der Waals surface area contributed by atoms with Crippen molar-refractivity contribution in [3.8, 4) is 16.9 Å². The molecule has 1 aliphatic rings. The number of carbonyl (C=O) groups is 3. The second kappa shape index (κ2) is 13.7. The first-order valence-electron chi connectivity index (χ1n) is 14.2. The number of alkyl carbamates (subject to hydrolysis) is 1. The number of hydrogen-bond donors (Lipinski definition) is 2. The van der Waals surface area contributed by atoms with E-state index in [4.69, 9.17) is 19.9 Å². The van der Waals surface area contributed by atoms with Crippen LogP contribution in [0, 0.1) is 6.92 Å². The van der Waals surface area contributed by atoms with E-state index in [0.717, 1.165) is 33.4 Å². The van der Waals surface area contributed by atoms with Crippen molar-refractivity contribution >= 4 is 18.0 Å². The molecule has 0 spiro atoms. The maximum atomic E-state index is 12.9. The fourth-order valence-electron chi connectivity index (χ4n) is 5.11. The minimum Gasteiger partial charge on any atom is -0.489 e. The Morgan fingerprint density at radius 1 is 0.767 bits per heavy atom. The lowest BCUT2D eigenvalue weighted by molar-refractivity contribution is -0.147. The molecule has 3 N–H and O–H groups in total. The average molecular weight is 579 g/mol. The summed E-state index contributed by atoms with van der Waals surface area (Å²) >= 11 is 0. The highest BCUT2D eigenvalue weighted by Crippen LogP contribution is 2.44. The van der Waals surface area contributed by atoms with Crippen molar-refractivity contribution < 1.29 is 28.6 Å². The summed E-state index contributed by atoms with van der Waals surface area (Å²) in [4.78, 5) is 37.2. The molecular weight excluding hydrogens is 544 g/mol. The summed E-state index contributed by atoms with van der Waals surface area (Å²) < 4.78 is 16.9. The van der Waals surface area contributed by atoms with Gasteiger partial charge in [-0.1, -0.05) is 90.5 Å². The Labute approximate surface area is 250 Å². The number of rotatable bonds is 12. The first-order chi connectivity index (χ1) is 20.9. The predicted octanol–water partition coefficient (Wildman–Crippen LogP) is 5.79. The molecule has 2 amide bonds. The molecule has 0 aliphatic heterocycles. The van der Waals surface area contributed by atoms with Crippen molar-refractivity contribution in [1.82, 2.24) is 5.32 Å². The fraction of sp³-hybridized carbons (Fsp3) is 0.229. The topological polar surface area (TPSA) is 117 Å². The van der Waals surface area contributed by atoms with Crippen molar-refractivity contribution in [3.05, 3.63) is 125 Å². The van der Waals surface area contributed by atoms with E-state index in [9.17, 15) is 14.4 Å². The maximum absolute atomic E-state index is 12.9. The molecule has 0 bridgehead atoms. The van der Waals surface area contributed by atoms with E-state index >= 15 is 0 Å². The van der Waals surface area contributed by atoms with Gasteiger partial charge >= 0.3 is 12.1 Å². The van der Waals surface area contributed by atoms with Gasteiger partial charge < -0.3 is 25.3 Å². The van der Waals surface area contributed by atoms with E-state index in [-0.39, 0.29) is 32.0 Å². The molecule has 0 fully saturated rings. The molecule has 4 aromatic carbocycles. The van der Waals surface area contributed by atoms with E-state index in [0.29, 0.717) is 12.4 Å². The molecule has 4 aromatic rings. The lowest BCUT2D eigenvalue weighted by Crippen LogP contribution is -2.43. The number of amides is 2. The Kier molecular flexibility index (Phi) is 9.36. The van der Waals surface area contributed by atoms with Gasteiger partial charge in [0, 0.05) is 12.3 Å². The highest BCUT2D eigenvalue weighted by atomic mass is 16.6. The van der Waals surface area contributed by atoms with Crippen LogP contribution in [0.1, 0.15) is 46.6 Å². The first kappa shape index (κ1) is 29.4. The predicted molar refractivity (Wildman–Crippen MR) is 162 cm³/mol. The summed E-state index contributed by atoms with van der Waals surface area (Å²) in [6.07, 6.45) is -0.885. The quantitative estimate of drug-likeness (QED) is 0.206. The van der Waals surface area contributed by atoms with Crippen molar-refractivity contribution in [2.24, 2.45) is 5.73 Å². The molecule has 5 rings (SSSR count). The number of esters is 1. The van der Waals surface area contributed by atoms with Gasteiger partial charge in [-0.05, 0) is 58.9 Å². The summed E-state index contributed by atoms with van der Waals surface area (Å²) in [7, 11) is 0. The Bertz CT molecular complexity index is 1540. The van der Waals surface area contributed by atoms with Crippen LogP contribution in [-0.2, 0) is 32.3 Å². The maximum Gasteiger partial charge on any atom is 0.407 e. The van der Waals surface area contributed by atoms with Gasteiger partial charge in [0.05, 0.1) is 0 Å². The Hall–Kier alpha value is -5.11. The van der Waals surface area contributed by atoms with Crippen LogP contribution < -0.4 is 15.8 Å². The zero-order valence-corrected chi connectivity index (χ0v) is 24.0. The first-order valence-corrected chi connectivity index (χ1v) is 14.2. The van der Waals surface area contributed by atoms with Gasteiger partial charge in [-0.3, -0.25) is 4.79 Å². The zero-order chi connectivity index (χ0) is 30.2. The molecule has 0 unspecified atom stereocenters. The van der Waals surface area contributed by atoms with Crippen molar-refractivity contribution in [2.75, 3.05) is 6.61 Å². The van der Waals surface area contributed by atoms with E-state index in [1.54, 1.807) is 24.3 Å². The Balaban J connectivity index is 1.14. The molecule has 8 nitrogen and oxygen atoms in total. The van der Waals surface area contributed by atoms with E-state index in [1.807, 2.05) is 67.6 Å². The lowest BCUT2D eigenvalue weighted by atomic mass is 9.98. The van der Waals surface area contributed by atoms with Crippen molar-refractivity contribution in [2.45, 2.75) is 44.9 Å². The van der Waals surface area contributed by atoms with Gasteiger partial charge in [-0.2, -0.15) is 0 Å². The van der Waals surface area contributed by atoms with Gasteiger partial charge in [0.2, 0.25) is 5.91 Å². The third-order valence-electron chi connectivity index (χ3n) is 7.43. The highest BCUT2D eigenvalue weighted by Gasteiger charge is 2.30. The number of benzene rings is 4. The normalized spacial score (nSPS) is 12.5. The number of hydrogen-bond acceptors (Lipinski definition) is 6. The molecule has 1 aliphatic carbocycles.